The van der Waals surface area contributed by atoms with Gasteiger partial charge >= 0.3 is 0 Å². The summed E-state index contributed by atoms with van der Waals surface area (Å²) in [7, 11) is -3.66. The first-order chi connectivity index (χ1) is 13.5. The predicted molar refractivity (Wildman–Crippen MR) is 110 cm³/mol. The number of sulfonamides is 1. The molecule has 3 aromatic rings. The predicted octanol–water partition coefficient (Wildman–Crippen LogP) is 4.08. The van der Waals surface area contributed by atoms with Crippen LogP contribution in [0.3, 0.4) is 0 Å². The van der Waals surface area contributed by atoms with Crippen molar-refractivity contribution in [2.24, 2.45) is 0 Å². The minimum Gasteiger partial charge on any atom is -0.305 e. The summed E-state index contributed by atoms with van der Waals surface area (Å²) in [4.78, 5) is 15.0. The van der Waals surface area contributed by atoms with Gasteiger partial charge in [-0.2, -0.15) is 0 Å². The topological polar surface area (TPSA) is 66.5 Å². The molecule has 0 spiro atoms. The summed E-state index contributed by atoms with van der Waals surface area (Å²) in [6, 6.07) is 22.7. The van der Waals surface area contributed by atoms with Gasteiger partial charge in [0.1, 0.15) is 0 Å². The Morgan fingerprint density at radius 1 is 0.929 bits per heavy atom. The van der Waals surface area contributed by atoms with Crippen molar-refractivity contribution in [3.8, 4) is 0 Å². The molecule has 0 fully saturated rings. The van der Waals surface area contributed by atoms with Gasteiger partial charge in [0.05, 0.1) is 4.90 Å². The second-order valence-corrected chi connectivity index (χ2v) is 8.54. The van der Waals surface area contributed by atoms with Crippen LogP contribution in [-0.4, -0.2) is 20.4 Å². The largest absolute Gasteiger partial charge is 0.305 e. The first-order valence-electron chi connectivity index (χ1n) is 9.05. The Hall–Kier alpha value is -3.12. The van der Waals surface area contributed by atoms with Crippen LogP contribution in [0.4, 0.5) is 11.4 Å². The Kier molecular flexibility index (Phi) is 4.65. The number of carbonyl (C=O) groups is 1. The van der Waals surface area contributed by atoms with Crippen molar-refractivity contribution in [3.05, 3.63) is 90.0 Å². The molecule has 0 saturated heterocycles. The van der Waals surface area contributed by atoms with E-state index >= 15 is 0 Å². The standard InChI is InChI=1S/C22H20N2O3S/c1-16-15-18-7-5-6-10-21(18)24(16)22(25)17-11-13-19(14-12-17)23-28(26,27)20-8-3-2-4-9-20/h2-14,16,23H,15H2,1H3/t16-/m0/s1. The molecule has 1 aliphatic rings. The number of benzene rings is 3. The zero-order chi connectivity index (χ0) is 19.7. The molecule has 3 aromatic carbocycles. The van der Waals surface area contributed by atoms with Gasteiger partial charge in [0.15, 0.2) is 0 Å². The van der Waals surface area contributed by atoms with Crippen molar-refractivity contribution in [3.63, 3.8) is 0 Å². The molecular formula is C22H20N2O3S. The minimum absolute atomic E-state index is 0.0844. The molecule has 5 nitrogen and oxygen atoms in total. The number of fused-ring (bicyclic) bond motifs is 1. The molecule has 0 saturated carbocycles. The first-order valence-corrected chi connectivity index (χ1v) is 10.5. The SMILES string of the molecule is C[C@H]1Cc2ccccc2N1C(=O)c1ccc(NS(=O)(=O)c2ccccc2)cc1. The molecule has 1 aliphatic heterocycles. The second-order valence-electron chi connectivity index (χ2n) is 6.85. The molecule has 1 atom stereocenters. The van der Waals surface area contributed by atoms with Crippen molar-refractivity contribution in [1.82, 2.24) is 0 Å². The van der Waals surface area contributed by atoms with Gasteiger partial charge in [-0.1, -0.05) is 36.4 Å². The monoisotopic (exact) mass is 392 g/mol. The van der Waals surface area contributed by atoms with E-state index in [0.29, 0.717) is 11.3 Å². The van der Waals surface area contributed by atoms with Gasteiger partial charge < -0.3 is 4.90 Å². The molecule has 0 radical (unpaired) electrons. The summed E-state index contributed by atoms with van der Waals surface area (Å²) in [5.74, 6) is -0.0880. The summed E-state index contributed by atoms with van der Waals surface area (Å²) >= 11 is 0. The lowest BCUT2D eigenvalue weighted by Crippen LogP contribution is -2.35. The number of anilines is 2. The Bertz CT molecular complexity index is 1110. The van der Waals surface area contributed by atoms with Gasteiger partial charge in [-0.3, -0.25) is 9.52 Å². The summed E-state index contributed by atoms with van der Waals surface area (Å²) in [6.45, 7) is 2.03. The maximum atomic E-state index is 13.0. The van der Waals surface area contributed by atoms with E-state index in [2.05, 4.69) is 4.72 Å². The number of rotatable bonds is 4. The number of hydrogen-bond donors (Lipinski definition) is 1. The number of nitrogens with one attached hydrogen (secondary N) is 1. The molecule has 4 rings (SSSR count). The van der Waals surface area contributed by atoms with Gasteiger partial charge in [-0.25, -0.2) is 8.42 Å². The van der Waals surface area contributed by atoms with E-state index in [1.165, 1.54) is 12.1 Å². The zero-order valence-corrected chi connectivity index (χ0v) is 16.2. The van der Waals surface area contributed by atoms with E-state index in [0.717, 1.165) is 17.7 Å². The molecule has 28 heavy (non-hydrogen) atoms. The Balaban J connectivity index is 1.55. The van der Waals surface area contributed by atoms with Crippen molar-refractivity contribution >= 4 is 27.3 Å². The lowest BCUT2D eigenvalue weighted by molar-refractivity contribution is 0.0981. The average molecular weight is 392 g/mol. The summed E-state index contributed by atoms with van der Waals surface area (Å²) in [6.07, 6.45) is 0.830. The van der Waals surface area contributed by atoms with Crippen molar-refractivity contribution in [2.45, 2.75) is 24.3 Å². The third kappa shape index (κ3) is 3.39. The van der Waals surface area contributed by atoms with Crippen LogP contribution >= 0.6 is 0 Å². The maximum absolute atomic E-state index is 13.0. The lowest BCUT2D eigenvalue weighted by Gasteiger charge is -2.23. The van der Waals surface area contributed by atoms with Gasteiger partial charge in [0.2, 0.25) is 0 Å². The van der Waals surface area contributed by atoms with Gasteiger partial charge in [-0.05, 0) is 61.4 Å². The van der Waals surface area contributed by atoms with Crippen LogP contribution in [0.5, 0.6) is 0 Å². The number of hydrogen-bond acceptors (Lipinski definition) is 3. The minimum atomic E-state index is -3.66. The van der Waals surface area contributed by atoms with Crippen molar-refractivity contribution < 1.29 is 13.2 Å². The van der Waals surface area contributed by atoms with Crippen LogP contribution < -0.4 is 9.62 Å². The highest BCUT2D eigenvalue weighted by atomic mass is 32.2. The summed E-state index contributed by atoms with van der Waals surface area (Å²) in [5.41, 5.74) is 3.03. The molecule has 0 unspecified atom stereocenters. The first kappa shape index (κ1) is 18.3. The highest BCUT2D eigenvalue weighted by molar-refractivity contribution is 7.92. The van der Waals surface area contributed by atoms with E-state index in [1.807, 2.05) is 31.2 Å². The molecule has 0 bridgehead atoms. The molecular weight excluding hydrogens is 372 g/mol. The molecule has 1 N–H and O–H groups in total. The van der Waals surface area contributed by atoms with Gasteiger partial charge in [-0.15, -0.1) is 0 Å². The summed E-state index contributed by atoms with van der Waals surface area (Å²) < 4.78 is 27.4. The fraction of sp³-hybridized carbons (Fsp3) is 0.136. The second kappa shape index (κ2) is 7.13. The van der Waals surface area contributed by atoms with Crippen LogP contribution in [0.2, 0.25) is 0 Å². The van der Waals surface area contributed by atoms with Crippen molar-refractivity contribution in [2.75, 3.05) is 9.62 Å². The Morgan fingerprint density at radius 2 is 1.57 bits per heavy atom. The van der Waals surface area contributed by atoms with E-state index < -0.39 is 10.0 Å². The number of para-hydroxylation sites is 1. The van der Waals surface area contributed by atoms with Crippen molar-refractivity contribution in [1.29, 1.82) is 0 Å². The number of carbonyl (C=O) groups excluding carboxylic acids is 1. The van der Waals surface area contributed by atoms with Gasteiger partial charge in [0, 0.05) is 23.0 Å². The normalized spacial score (nSPS) is 15.9. The average Bonchev–Trinajstić information content (AvgIpc) is 3.04. The fourth-order valence-electron chi connectivity index (χ4n) is 3.51. The van der Waals surface area contributed by atoms with E-state index in [4.69, 9.17) is 0 Å². The van der Waals surface area contributed by atoms with Crippen LogP contribution in [0.25, 0.3) is 0 Å². The third-order valence-corrected chi connectivity index (χ3v) is 6.26. The van der Waals surface area contributed by atoms with E-state index in [-0.39, 0.29) is 16.8 Å². The Morgan fingerprint density at radius 3 is 2.29 bits per heavy atom. The molecule has 0 aromatic heterocycles. The molecule has 6 heteroatoms. The lowest BCUT2D eigenvalue weighted by atomic mass is 10.1. The maximum Gasteiger partial charge on any atom is 0.261 e. The zero-order valence-electron chi connectivity index (χ0n) is 15.4. The van der Waals surface area contributed by atoms with Crippen LogP contribution in [0.15, 0.2) is 83.8 Å². The molecule has 1 heterocycles. The highest BCUT2D eigenvalue weighted by Gasteiger charge is 2.31. The van der Waals surface area contributed by atoms with Crippen LogP contribution in [0, 0.1) is 0 Å². The van der Waals surface area contributed by atoms with Crippen LogP contribution in [0.1, 0.15) is 22.8 Å². The quantitative estimate of drug-likeness (QED) is 0.728. The third-order valence-electron chi connectivity index (χ3n) is 4.86. The highest BCUT2D eigenvalue weighted by Crippen LogP contribution is 2.33. The smallest absolute Gasteiger partial charge is 0.261 e. The molecule has 1 amide bonds. The van der Waals surface area contributed by atoms with E-state index in [1.54, 1.807) is 47.4 Å². The number of nitrogens with zero attached hydrogens (tertiary/aromatic N) is 1. The summed E-state index contributed by atoms with van der Waals surface area (Å²) in [5, 5.41) is 0. The molecule has 142 valence electrons. The van der Waals surface area contributed by atoms with Gasteiger partial charge in [0.25, 0.3) is 15.9 Å². The van der Waals surface area contributed by atoms with E-state index in [9.17, 15) is 13.2 Å². The fourth-order valence-corrected chi connectivity index (χ4v) is 4.59. The van der Waals surface area contributed by atoms with Crippen LogP contribution in [-0.2, 0) is 16.4 Å². The Labute approximate surface area is 164 Å². The molecule has 0 aliphatic carbocycles. The number of amides is 1.